The van der Waals surface area contributed by atoms with E-state index in [0.29, 0.717) is 29.3 Å². The summed E-state index contributed by atoms with van der Waals surface area (Å²) in [5, 5.41) is 19.8. The number of aromatic hydroxyl groups is 2. The van der Waals surface area contributed by atoms with Crippen molar-refractivity contribution in [3.63, 3.8) is 0 Å². The number of ketones is 1. The van der Waals surface area contributed by atoms with Gasteiger partial charge in [0.15, 0.2) is 5.78 Å². The van der Waals surface area contributed by atoms with E-state index < -0.39 is 5.41 Å². The molecule has 0 atom stereocenters. The summed E-state index contributed by atoms with van der Waals surface area (Å²) in [6, 6.07) is 14.6. The molecule has 2 aliphatic rings. The summed E-state index contributed by atoms with van der Waals surface area (Å²) in [6.07, 6.45) is 0.159. The van der Waals surface area contributed by atoms with Crippen LogP contribution in [0.4, 0.5) is 0 Å². The second-order valence-electron chi connectivity index (χ2n) is 6.89. The van der Waals surface area contributed by atoms with Crippen LogP contribution in [-0.2, 0) is 10.2 Å². The molecule has 1 aliphatic heterocycles. The molecule has 0 fully saturated rings. The van der Waals surface area contributed by atoms with Gasteiger partial charge >= 0.3 is 0 Å². The minimum Gasteiger partial charge on any atom is -0.508 e. The predicted octanol–water partition coefficient (Wildman–Crippen LogP) is 3.66. The van der Waals surface area contributed by atoms with Gasteiger partial charge in [-0.25, -0.2) is 0 Å². The first kappa shape index (κ1) is 16.4. The van der Waals surface area contributed by atoms with E-state index >= 15 is 0 Å². The zero-order valence-corrected chi connectivity index (χ0v) is 14.5. The molecule has 0 radical (unpaired) electrons. The standard InChI is InChI=1S/C22H14O6/c23-11-27-14-3-6-16-15(9-14)19(26)10-22(16)17-4-1-12(24)7-20(17)28-21-8-13(25)2-5-18(21)22/h1-9,11,24-25H,10H2. The van der Waals surface area contributed by atoms with Crippen molar-refractivity contribution in [3.8, 4) is 28.7 Å². The molecule has 28 heavy (non-hydrogen) atoms. The van der Waals surface area contributed by atoms with Crippen molar-refractivity contribution < 1.29 is 29.3 Å². The number of carbonyl (C=O) groups excluding carboxylic acids is 2. The summed E-state index contributed by atoms with van der Waals surface area (Å²) >= 11 is 0. The highest BCUT2D eigenvalue weighted by Gasteiger charge is 2.51. The van der Waals surface area contributed by atoms with Crippen LogP contribution < -0.4 is 9.47 Å². The second kappa shape index (κ2) is 5.60. The molecule has 1 aliphatic carbocycles. The predicted molar refractivity (Wildman–Crippen MR) is 98.3 cm³/mol. The highest BCUT2D eigenvalue weighted by molar-refractivity contribution is 6.05. The monoisotopic (exact) mass is 374 g/mol. The Hall–Kier alpha value is -3.80. The second-order valence-corrected chi connectivity index (χ2v) is 6.89. The maximum Gasteiger partial charge on any atom is 0.298 e. The molecule has 1 spiro atoms. The van der Waals surface area contributed by atoms with Crippen molar-refractivity contribution in [2.24, 2.45) is 0 Å². The molecule has 3 aromatic rings. The fourth-order valence-electron chi connectivity index (χ4n) is 4.33. The molecule has 138 valence electrons. The van der Waals surface area contributed by atoms with Crippen molar-refractivity contribution in [2.45, 2.75) is 11.8 Å². The lowest BCUT2D eigenvalue weighted by Gasteiger charge is -2.37. The number of Topliss-reactive ketones (excluding diaryl/α,β-unsaturated/α-hetero) is 1. The van der Waals surface area contributed by atoms with E-state index in [1.54, 1.807) is 42.5 Å². The summed E-state index contributed by atoms with van der Waals surface area (Å²) in [5.41, 5.74) is 1.91. The maximum absolute atomic E-state index is 13.0. The summed E-state index contributed by atoms with van der Waals surface area (Å²) in [4.78, 5) is 23.6. The molecule has 0 unspecified atom stereocenters. The van der Waals surface area contributed by atoms with Gasteiger partial charge < -0.3 is 19.7 Å². The molecule has 5 rings (SSSR count). The maximum atomic E-state index is 13.0. The topological polar surface area (TPSA) is 93.1 Å². The van der Waals surface area contributed by atoms with Crippen LogP contribution in [0.1, 0.15) is 33.5 Å². The van der Waals surface area contributed by atoms with Crippen LogP contribution in [0.15, 0.2) is 54.6 Å². The zero-order valence-electron chi connectivity index (χ0n) is 14.5. The highest BCUT2D eigenvalue weighted by atomic mass is 16.5. The quantitative estimate of drug-likeness (QED) is 0.665. The van der Waals surface area contributed by atoms with Gasteiger partial charge in [0.25, 0.3) is 6.47 Å². The van der Waals surface area contributed by atoms with Crippen LogP contribution in [-0.4, -0.2) is 22.5 Å². The van der Waals surface area contributed by atoms with Gasteiger partial charge in [0.2, 0.25) is 0 Å². The number of ether oxygens (including phenoxy) is 2. The van der Waals surface area contributed by atoms with Gasteiger partial charge in [-0.3, -0.25) is 9.59 Å². The number of phenols is 2. The third-order valence-corrected chi connectivity index (χ3v) is 5.43. The number of carbonyl (C=O) groups is 2. The van der Waals surface area contributed by atoms with Crippen LogP contribution in [0, 0.1) is 0 Å². The third kappa shape index (κ3) is 2.08. The number of fused-ring (bicyclic) bond motifs is 6. The lowest BCUT2D eigenvalue weighted by Crippen LogP contribution is -2.30. The fraction of sp³-hybridized carbons (Fsp3) is 0.0909. The lowest BCUT2D eigenvalue weighted by atomic mass is 9.68. The molecular formula is C22H14O6. The molecule has 2 N–H and O–H groups in total. The Kier molecular flexibility index (Phi) is 3.27. The molecule has 0 amide bonds. The minimum absolute atomic E-state index is 0.0387. The zero-order chi connectivity index (χ0) is 19.5. The molecule has 0 saturated carbocycles. The average molecular weight is 374 g/mol. The molecular weight excluding hydrogens is 360 g/mol. The van der Waals surface area contributed by atoms with Crippen molar-refractivity contribution >= 4 is 12.3 Å². The summed E-state index contributed by atoms with van der Waals surface area (Å²) in [5.74, 6) is 1.13. The van der Waals surface area contributed by atoms with Crippen molar-refractivity contribution in [2.75, 3.05) is 0 Å². The van der Waals surface area contributed by atoms with Crippen LogP contribution >= 0.6 is 0 Å². The minimum atomic E-state index is -0.823. The van der Waals surface area contributed by atoms with E-state index in [1.165, 1.54) is 12.1 Å². The van der Waals surface area contributed by atoms with Gasteiger partial charge in [-0.1, -0.05) is 18.2 Å². The Morgan fingerprint density at radius 1 is 0.893 bits per heavy atom. The van der Waals surface area contributed by atoms with E-state index in [4.69, 9.17) is 9.47 Å². The van der Waals surface area contributed by atoms with Gasteiger partial charge in [-0.15, -0.1) is 0 Å². The molecule has 6 heteroatoms. The Balaban J connectivity index is 1.84. The lowest BCUT2D eigenvalue weighted by molar-refractivity contribution is -0.120. The Morgan fingerprint density at radius 2 is 1.50 bits per heavy atom. The summed E-state index contributed by atoms with van der Waals surface area (Å²) < 4.78 is 10.8. The first-order chi connectivity index (χ1) is 13.5. The van der Waals surface area contributed by atoms with Gasteiger partial charge in [0.05, 0.1) is 5.41 Å². The SMILES string of the molecule is O=COc1ccc2c(c1)C(=O)CC21c2ccc(O)cc2Oc2cc(O)ccc21. The number of hydrogen-bond donors (Lipinski definition) is 2. The van der Waals surface area contributed by atoms with E-state index in [9.17, 15) is 19.8 Å². The van der Waals surface area contributed by atoms with Crippen molar-refractivity contribution in [1.82, 2.24) is 0 Å². The summed E-state index contributed by atoms with van der Waals surface area (Å²) in [6.45, 7) is 0.321. The first-order valence-corrected chi connectivity index (χ1v) is 8.66. The summed E-state index contributed by atoms with van der Waals surface area (Å²) in [7, 11) is 0. The average Bonchev–Trinajstić information content (AvgIpc) is 2.94. The van der Waals surface area contributed by atoms with E-state index in [0.717, 1.165) is 16.7 Å². The van der Waals surface area contributed by atoms with Gasteiger partial charge in [0.1, 0.15) is 28.7 Å². The fourth-order valence-corrected chi connectivity index (χ4v) is 4.33. The van der Waals surface area contributed by atoms with Crippen LogP contribution in [0.3, 0.4) is 0 Å². The number of hydrogen-bond acceptors (Lipinski definition) is 6. The Morgan fingerprint density at radius 3 is 2.11 bits per heavy atom. The first-order valence-electron chi connectivity index (χ1n) is 8.66. The molecule has 1 heterocycles. The normalized spacial score (nSPS) is 15.4. The molecule has 3 aromatic carbocycles. The van der Waals surface area contributed by atoms with Crippen LogP contribution in [0.2, 0.25) is 0 Å². The number of benzene rings is 3. The Labute approximate surface area is 159 Å². The largest absolute Gasteiger partial charge is 0.508 e. The van der Waals surface area contributed by atoms with Gasteiger partial charge in [-0.05, 0) is 29.8 Å². The van der Waals surface area contributed by atoms with Crippen LogP contribution in [0.5, 0.6) is 28.7 Å². The van der Waals surface area contributed by atoms with Crippen LogP contribution in [0.25, 0.3) is 0 Å². The van der Waals surface area contributed by atoms with Gasteiger partial charge in [0, 0.05) is 35.2 Å². The number of phenolic OH excluding ortho intramolecular Hbond substituents is 2. The Bertz CT molecular complexity index is 1110. The molecule has 0 bridgehead atoms. The highest BCUT2D eigenvalue weighted by Crippen LogP contribution is 2.58. The van der Waals surface area contributed by atoms with E-state index in [2.05, 4.69) is 0 Å². The van der Waals surface area contributed by atoms with E-state index in [-0.39, 0.29) is 23.7 Å². The molecule has 0 saturated heterocycles. The molecule has 6 nitrogen and oxygen atoms in total. The third-order valence-electron chi connectivity index (χ3n) is 5.43. The smallest absolute Gasteiger partial charge is 0.298 e. The number of rotatable bonds is 2. The van der Waals surface area contributed by atoms with E-state index in [1.807, 2.05) is 0 Å². The van der Waals surface area contributed by atoms with Crippen molar-refractivity contribution in [3.05, 3.63) is 76.9 Å². The molecule has 0 aromatic heterocycles. The van der Waals surface area contributed by atoms with Gasteiger partial charge in [-0.2, -0.15) is 0 Å². The van der Waals surface area contributed by atoms with Crippen molar-refractivity contribution in [1.29, 1.82) is 0 Å².